The quantitative estimate of drug-likeness (QED) is 0.284. The molecule has 1 aromatic carbocycles. The molecule has 13 nitrogen and oxygen atoms in total. The molecular formula is C21H24N8O5. The maximum absolute atomic E-state index is 12.5. The predicted molar refractivity (Wildman–Crippen MR) is 123 cm³/mol. The van der Waals surface area contributed by atoms with Crippen LogP contribution in [0, 0.1) is 0 Å². The van der Waals surface area contributed by atoms with Gasteiger partial charge in [-0.25, -0.2) is 14.8 Å². The molecule has 1 atom stereocenters. The first-order chi connectivity index (χ1) is 16.1. The maximum Gasteiger partial charge on any atom is 0.326 e. The monoisotopic (exact) mass is 468 g/mol. The smallest absolute Gasteiger partial charge is 0.326 e. The molecule has 0 saturated carbocycles. The van der Waals surface area contributed by atoms with Crippen molar-refractivity contribution in [3.63, 3.8) is 0 Å². The zero-order valence-corrected chi connectivity index (χ0v) is 18.5. The zero-order chi connectivity index (χ0) is 24.8. The highest BCUT2D eigenvalue weighted by atomic mass is 16.4. The summed E-state index contributed by atoms with van der Waals surface area (Å²) in [4.78, 5) is 63.5. The Morgan fingerprint density at radius 2 is 1.88 bits per heavy atom. The number of aromatic nitrogens is 4. The van der Waals surface area contributed by atoms with Gasteiger partial charge in [0.25, 0.3) is 11.5 Å². The van der Waals surface area contributed by atoms with Crippen molar-refractivity contribution in [2.45, 2.75) is 25.4 Å². The Morgan fingerprint density at radius 1 is 1.18 bits per heavy atom. The van der Waals surface area contributed by atoms with E-state index < -0.39 is 23.5 Å². The molecule has 2 aromatic heterocycles. The number of nitrogens with one attached hydrogen (secondary N) is 3. The number of carboxylic acid groups (broad SMARTS) is 1. The van der Waals surface area contributed by atoms with Gasteiger partial charge in [-0.15, -0.1) is 0 Å². The van der Waals surface area contributed by atoms with Crippen LogP contribution in [-0.2, 0) is 16.1 Å². The summed E-state index contributed by atoms with van der Waals surface area (Å²) in [6.45, 7) is 0.249. The lowest BCUT2D eigenvalue weighted by molar-refractivity contribution is -0.139. The van der Waals surface area contributed by atoms with E-state index in [9.17, 15) is 24.3 Å². The number of nitrogens with two attached hydrogens (primary N) is 1. The van der Waals surface area contributed by atoms with E-state index in [1.165, 1.54) is 23.2 Å². The van der Waals surface area contributed by atoms with E-state index in [0.29, 0.717) is 11.4 Å². The minimum absolute atomic E-state index is 0.0000843. The lowest BCUT2D eigenvalue weighted by Crippen LogP contribution is -2.41. The molecule has 34 heavy (non-hydrogen) atoms. The number of nitrogens with zero attached hydrogens (tertiary/aromatic N) is 4. The largest absolute Gasteiger partial charge is 0.480 e. The first-order valence-corrected chi connectivity index (χ1v) is 10.2. The summed E-state index contributed by atoms with van der Waals surface area (Å²) in [6, 6.07) is 5.16. The molecule has 0 fully saturated rings. The van der Waals surface area contributed by atoms with Gasteiger partial charge in [0.05, 0.1) is 18.4 Å². The van der Waals surface area contributed by atoms with Gasteiger partial charge in [-0.3, -0.25) is 19.4 Å². The van der Waals surface area contributed by atoms with Crippen LogP contribution in [0.2, 0.25) is 0 Å². The fourth-order valence-electron chi connectivity index (χ4n) is 2.98. The van der Waals surface area contributed by atoms with Gasteiger partial charge >= 0.3 is 5.97 Å². The van der Waals surface area contributed by atoms with Crippen LogP contribution in [0.15, 0.2) is 35.3 Å². The molecule has 0 aliphatic carbocycles. The van der Waals surface area contributed by atoms with Crippen LogP contribution in [0.25, 0.3) is 11.2 Å². The first-order valence-electron chi connectivity index (χ1n) is 10.2. The second-order valence-electron chi connectivity index (χ2n) is 7.61. The maximum atomic E-state index is 12.5. The third kappa shape index (κ3) is 6.03. The van der Waals surface area contributed by atoms with Gasteiger partial charge in [-0.05, 0) is 30.7 Å². The number of carbonyl (C=O) groups is 3. The topological polar surface area (TPSA) is 196 Å². The number of amides is 2. The molecule has 13 heteroatoms. The minimum atomic E-state index is -1.22. The van der Waals surface area contributed by atoms with Crippen LogP contribution in [0.1, 0.15) is 28.9 Å². The molecule has 0 aliphatic rings. The SMILES string of the molecule is CN(C)C(=O)CCC(NC(=O)c1ccc(NCc2cnc3nc(N)[nH]c(=O)c3n2)cc1)C(=O)O. The average molecular weight is 468 g/mol. The van der Waals surface area contributed by atoms with Gasteiger partial charge in [0.15, 0.2) is 11.2 Å². The molecule has 0 radical (unpaired) electrons. The number of fused-ring (bicyclic) bond motifs is 1. The highest BCUT2D eigenvalue weighted by molar-refractivity contribution is 5.97. The Balaban J connectivity index is 1.60. The zero-order valence-electron chi connectivity index (χ0n) is 18.5. The number of aromatic amines is 1. The summed E-state index contributed by atoms with van der Waals surface area (Å²) in [5.41, 5.74) is 6.63. The fraction of sp³-hybridized carbons (Fsp3) is 0.286. The van der Waals surface area contributed by atoms with E-state index >= 15 is 0 Å². The number of rotatable bonds is 9. The second kappa shape index (κ2) is 10.4. The van der Waals surface area contributed by atoms with Crippen molar-refractivity contribution in [3.05, 3.63) is 52.1 Å². The Kier molecular flexibility index (Phi) is 7.36. The summed E-state index contributed by atoms with van der Waals surface area (Å²) >= 11 is 0. The molecule has 3 aromatic rings. The van der Waals surface area contributed by atoms with Gasteiger partial charge in [-0.1, -0.05) is 0 Å². The number of aliphatic carboxylic acids is 1. The van der Waals surface area contributed by atoms with E-state index in [0.717, 1.165) is 0 Å². The van der Waals surface area contributed by atoms with Crippen LogP contribution in [-0.4, -0.2) is 67.9 Å². The third-order valence-electron chi connectivity index (χ3n) is 4.86. The number of hydrogen-bond donors (Lipinski definition) is 5. The third-order valence-corrected chi connectivity index (χ3v) is 4.86. The van der Waals surface area contributed by atoms with Gasteiger partial charge in [0.2, 0.25) is 11.9 Å². The van der Waals surface area contributed by atoms with Crippen molar-refractivity contribution < 1.29 is 19.5 Å². The molecule has 2 amide bonds. The average Bonchev–Trinajstić information content (AvgIpc) is 2.80. The molecule has 178 valence electrons. The lowest BCUT2D eigenvalue weighted by atomic mass is 10.1. The van der Waals surface area contributed by atoms with Crippen LogP contribution in [0.5, 0.6) is 0 Å². The van der Waals surface area contributed by atoms with E-state index in [-0.39, 0.29) is 48.0 Å². The van der Waals surface area contributed by atoms with Crippen molar-refractivity contribution in [2.75, 3.05) is 25.1 Å². The second-order valence-corrected chi connectivity index (χ2v) is 7.61. The predicted octanol–water partition coefficient (Wildman–Crippen LogP) is -0.0412. The Labute approximate surface area is 193 Å². The van der Waals surface area contributed by atoms with E-state index in [2.05, 4.69) is 30.6 Å². The summed E-state index contributed by atoms with van der Waals surface area (Å²) in [5.74, 6) is -2.05. The number of anilines is 2. The standard InChI is InChI=1S/C21H24N8O5/c1-29(2)15(30)8-7-14(20(33)34)26-18(31)11-3-5-12(6-4-11)23-9-13-10-24-17-16(25-13)19(32)28-21(22)27-17/h3-6,10,14,23H,7-9H2,1-2H3,(H,26,31)(H,33,34)(H3,22,24,27,28,32). The highest BCUT2D eigenvalue weighted by Gasteiger charge is 2.22. The molecule has 0 aliphatic heterocycles. The Hall–Kier alpha value is -4.55. The van der Waals surface area contributed by atoms with Crippen LogP contribution in [0.3, 0.4) is 0 Å². The Morgan fingerprint density at radius 3 is 2.53 bits per heavy atom. The molecule has 0 saturated heterocycles. The summed E-state index contributed by atoms with van der Waals surface area (Å²) < 4.78 is 0. The fourth-order valence-corrected chi connectivity index (χ4v) is 2.98. The molecule has 0 spiro atoms. The van der Waals surface area contributed by atoms with Crippen molar-refractivity contribution in [3.8, 4) is 0 Å². The number of carbonyl (C=O) groups excluding carboxylic acids is 2. The van der Waals surface area contributed by atoms with Gasteiger partial charge in [0.1, 0.15) is 6.04 Å². The summed E-state index contributed by atoms with van der Waals surface area (Å²) in [7, 11) is 3.15. The summed E-state index contributed by atoms with van der Waals surface area (Å²) in [5, 5.41) is 14.9. The van der Waals surface area contributed by atoms with Crippen molar-refractivity contribution >= 4 is 40.6 Å². The summed E-state index contributed by atoms with van der Waals surface area (Å²) in [6.07, 6.45) is 1.45. The van der Waals surface area contributed by atoms with Crippen LogP contribution in [0.4, 0.5) is 11.6 Å². The number of carboxylic acids is 1. The van der Waals surface area contributed by atoms with Crippen molar-refractivity contribution in [2.24, 2.45) is 0 Å². The van der Waals surface area contributed by atoms with Gasteiger partial charge < -0.3 is 26.4 Å². The number of H-pyrrole nitrogens is 1. The molecule has 2 heterocycles. The van der Waals surface area contributed by atoms with Crippen molar-refractivity contribution in [1.82, 2.24) is 30.2 Å². The van der Waals surface area contributed by atoms with Crippen molar-refractivity contribution in [1.29, 1.82) is 0 Å². The molecule has 3 rings (SSSR count). The molecule has 0 bridgehead atoms. The highest BCUT2D eigenvalue weighted by Crippen LogP contribution is 2.12. The normalized spacial score (nSPS) is 11.6. The number of benzene rings is 1. The van der Waals surface area contributed by atoms with Crippen LogP contribution < -0.4 is 21.9 Å². The Bertz CT molecular complexity index is 1270. The lowest BCUT2D eigenvalue weighted by Gasteiger charge is -2.16. The number of nitrogen functional groups attached to an aromatic ring is 1. The van der Waals surface area contributed by atoms with Gasteiger partial charge in [0, 0.05) is 31.8 Å². The van der Waals surface area contributed by atoms with Gasteiger partial charge in [-0.2, -0.15) is 4.98 Å². The minimum Gasteiger partial charge on any atom is -0.480 e. The first kappa shape index (κ1) is 24.1. The molecular weight excluding hydrogens is 444 g/mol. The van der Waals surface area contributed by atoms with E-state index in [4.69, 9.17) is 5.73 Å². The van der Waals surface area contributed by atoms with E-state index in [1.807, 2.05) is 0 Å². The number of hydrogen-bond acceptors (Lipinski definition) is 9. The van der Waals surface area contributed by atoms with E-state index in [1.54, 1.807) is 26.2 Å². The molecule has 1 unspecified atom stereocenters. The molecule has 6 N–H and O–H groups in total. The van der Waals surface area contributed by atoms with Crippen LogP contribution >= 0.6 is 0 Å².